The van der Waals surface area contributed by atoms with E-state index in [1.165, 1.54) is 11.8 Å². The summed E-state index contributed by atoms with van der Waals surface area (Å²) in [5.74, 6) is 0.476. The number of aromatic nitrogens is 2. The van der Waals surface area contributed by atoms with Crippen LogP contribution in [0.2, 0.25) is 5.02 Å². The number of para-hydroxylation sites is 1. The van der Waals surface area contributed by atoms with E-state index in [2.05, 4.69) is 4.98 Å². The first kappa shape index (κ1) is 18.7. The Bertz CT molecular complexity index is 915. The quantitative estimate of drug-likeness (QED) is 0.342. The van der Waals surface area contributed by atoms with Gasteiger partial charge in [-0.25, -0.2) is 9.97 Å². The molecule has 0 amide bonds. The average Bonchev–Trinajstić information content (AvgIpc) is 2.64. The van der Waals surface area contributed by atoms with E-state index in [4.69, 9.17) is 21.3 Å². The standard InChI is InChI=1S/C20H19ClN2O2S/c1-3-25-20(24)13(2)26-19-16-6-4-5-7-17(16)22-18(23-19)12-14-8-10-15(21)11-9-14/h4-11,13H,3,12H2,1-2H3. The van der Waals surface area contributed by atoms with E-state index >= 15 is 0 Å². The van der Waals surface area contributed by atoms with Gasteiger partial charge in [0.25, 0.3) is 0 Å². The van der Waals surface area contributed by atoms with Gasteiger partial charge in [0.2, 0.25) is 0 Å². The first-order valence-electron chi connectivity index (χ1n) is 8.40. The number of carbonyl (C=O) groups excluding carboxylic acids is 1. The lowest BCUT2D eigenvalue weighted by molar-refractivity contribution is -0.142. The lowest BCUT2D eigenvalue weighted by atomic mass is 10.1. The summed E-state index contributed by atoms with van der Waals surface area (Å²) in [5.41, 5.74) is 1.95. The summed E-state index contributed by atoms with van der Waals surface area (Å²) in [7, 11) is 0. The van der Waals surface area contributed by atoms with E-state index in [0.29, 0.717) is 23.9 Å². The molecule has 1 heterocycles. The van der Waals surface area contributed by atoms with Gasteiger partial charge in [-0.05, 0) is 37.6 Å². The summed E-state index contributed by atoms with van der Waals surface area (Å²) in [6.07, 6.45) is 0.601. The summed E-state index contributed by atoms with van der Waals surface area (Å²) in [5, 5.41) is 2.10. The number of carbonyl (C=O) groups is 1. The highest BCUT2D eigenvalue weighted by molar-refractivity contribution is 8.00. The molecule has 1 atom stereocenters. The molecular formula is C20H19ClN2O2S. The lowest BCUT2D eigenvalue weighted by Crippen LogP contribution is -2.17. The number of thioether (sulfide) groups is 1. The van der Waals surface area contributed by atoms with Crippen LogP contribution in [0.1, 0.15) is 25.2 Å². The fraction of sp³-hybridized carbons (Fsp3) is 0.250. The van der Waals surface area contributed by atoms with Gasteiger partial charge in [-0.3, -0.25) is 4.79 Å². The Morgan fingerprint density at radius 1 is 1.15 bits per heavy atom. The summed E-state index contributed by atoms with van der Waals surface area (Å²) >= 11 is 7.35. The first-order valence-corrected chi connectivity index (χ1v) is 9.66. The summed E-state index contributed by atoms with van der Waals surface area (Å²) in [6.45, 7) is 4.01. The fourth-order valence-corrected chi connectivity index (χ4v) is 3.61. The molecule has 1 unspecified atom stereocenters. The number of esters is 1. The molecule has 0 aliphatic heterocycles. The van der Waals surface area contributed by atoms with Crippen molar-refractivity contribution in [3.05, 3.63) is 64.9 Å². The summed E-state index contributed by atoms with van der Waals surface area (Å²) in [6, 6.07) is 15.5. The van der Waals surface area contributed by atoms with Crippen LogP contribution in [0.3, 0.4) is 0 Å². The van der Waals surface area contributed by atoms with Crippen LogP contribution < -0.4 is 0 Å². The molecule has 0 aliphatic rings. The minimum absolute atomic E-state index is 0.237. The molecule has 0 bridgehead atoms. The molecule has 3 aromatic rings. The van der Waals surface area contributed by atoms with E-state index in [9.17, 15) is 4.79 Å². The second kappa shape index (κ2) is 8.52. The predicted molar refractivity (Wildman–Crippen MR) is 106 cm³/mol. The van der Waals surface area contributed by atoms with Crippen molar-refractivity contribution in [3.63, 3.8) is 0 Å². The van der Waals surface area contributed by atoms with Gasteiger partial charge in [0.15, 0.2) is 0 Å². The molecule has 0 saturated heterocycles. The molecule has 0 saturated carbocycles. The average molecular weight is 387 g/mol. The van der Waals surface area contributed by atoms with Crippen molar-refractivity contribution in [2.24, 2.45) is 0 Å². The van der Waals surface area contributed by atoms with Gasteiger partial charge in [-0.1, -0.05) is 53.7 Å². The van der Waals surface area contributed by atoms with Crippen molar-refractivity contribution >= 4 is 40.2 Å². The lowest BCUT2D eigenvalue weighted by Gasteiger charge is -2.12. The molecular weight excluding hydrogens is 368 g/mol. The van der Waals surface area contributed by atoms with Crippen LogP contribution >= 0.6 is 23.4 Å². The number of rotatable bonds is 6. The number of halogens is 1. The van der Waals surface area contributed by atoms with E-state index in [1.54, 1.807) is 6.92 Å². The molecule has 4 nitrogen and oxygen atoms in total. The number of fused-ring (bicyclic) bond motifs is 1. The number of hydrogen-bond acceptors (Lipinski definition) is 5. The number of nitrogens with zero attached hydrogens (tertiary/aromatic N) is 2. The molecule has 1 aromatic heterocycles. The highest BCUT2D eigenvalue weighted by atomic mass is 35.5. The number of benzene rings is 2. The Morgan fingerprint density at radius 2 is 1.88 bits per heavy atom. The Morgan fingerprint density at radius 3 is 2.62 bits per heavy atom. The predicted octanol–water partition coefficient (Wildman–Crippen LogP) is 4.92. The number of hydrogen-bond donors (Lipinski definition) is 0. The monoisotopic (exact) mass is 386 g/mol. The molecule has 0 radical (unpaired) electrons. The zero-order valence-corrected chi connectivity index (χ0v) is 16.2. The van der Waals surface area contributed by atoms with Crippen LogP contribution in [0.4, 0.5) is 0 Å². The van der Waals surface area contributed by atoms with E-state index in [1.807, 2.05) is 55.5 Å². The highest BCUT2D eigenvalue weighted by Crippen LogP contribution is 2.29. The Labute approximate surface area is 162 Å². The Kier molecular flexibility index (Phi) is 6.12. The van der Waals surface area contributed by atoms with Gasteiger partial charge in [0, 0.05) is 16.8 Å². The van der Waals surface area contributed by atoms with Crippen molar-refractivity contribution < 1.29 is 9.53 Å². The minimum atomic E-state index is -0.336. The third kappa shape index (κ3) is 4.54. The number of ether oxygens (including phenoxy) is 1. The maximum Gasteiger partial charge on any atom is 0.319 e. The van der Waals surface area contributed by atoms with Crippen molar-refractivity contribution in [3.8, 4) is 0 Å². The zero-order chi connectivity index (χ0) is 18.5. The topological polar surface area (TPSA) is 52.1 Å². The van der Waals surface area contributed by atoms with Gasteiger partial charge in [0.1, 0.15) is 16.1 Å². The van der Waals surface area contributed by atoms with Crippen LogP contribution in [0.5, 0.6) is 0 Å². The van der Waals surface area contributed by atoms with Crippen LogP contribution in [0.15, 0.2) is 53.6 Å². The molecule has 0 spiro atoms. The van der Waals surface area contributed by atoms with E-state index < -0.39 is 0 Å². The summed E-state index contributed by atoms with van der Waals surface area (Å²) < 4.78 is 5.11. The third-order valence-electron chi connectivity index (χ3n) is 3.80. The zero-order valence-electron chi connectivity index (χ0n) is 14.6. The summed E-state index contributed by atoms with van der Waals surface area (Å²) in [4.78, 5) is 21.4. The highest BCUT2D eigenvalue weighted by Gasteiger charge is 2.19. The second-order valence-corrected chi connectivity index (χ2v) is 7.54. The molecule has 3 rings (SSSR count). The van der Waals surface area contributed by atoms with Gasteiger partial charge in [-0.2, -0.15) is 0 Å². The van der Waals surface area contributed by atoms with Crippen LogP contribution in [-0.2, 0) is 16.0 Å². The first-order chi connectivity index (χ1) is 12.6. The minimum Gasteiger partial charge on any atom is -0.465 e. The van der Waals surface area contributed by atoms with E-state index in [-0.39, 0.29) is 11.2 Å². The fourth-order valence-electron chi connectivity index (χ4n) is 2.52. The van der Waals surface area contributed by atoms with Crippen molar-refractivity contribution in [1.82, 2.24) is 9.97 Å². The largest absolute Gasteiger partial charge is 0.465 e. The smallest absolute Gasteiger partial charge is 0.319 e. The molecule has 6 heteroatoms. The van der Waals surface area contributed by atoms with Crippen molar-refractivity contribution in [2.45, 2.75) is 30.5 Å². The van der Waals surface area contributed by atoms with Crippen molar-refractivity contribution in [1.29, 1.82) is 0 Å². The molecule has 26 heavy (non-hydrogen) atoms. The maximum atomic E-state index is 12.0. The van der Waals surface area contributed by atoms with Gasteiger partial charge < -0.3 is 4.74 Å². The third-order valence-corrected chi connectivity index (χ3v) is 5.13. The van der Waals surface area contributed by atoms with Crippen molar-refractivity contribution in [2.75, 3.05) is 6.61 Å². The molecule has 0 fully saturated rings. The molecule has 134 valence electrons. The van der Waals surface area contributed by atoms with Gasteiger partial charge in [-0.15, -0.1) is 0 Å². The Balaban J connectivity index is 1.93. The van der Waals surface area contributed by atoms with Gasteiger partial charge in [0.05, 0.1) is 12.1 Å². The molecule has 0 N–H and O–H groups in total. The van der Waals surface area contributed by atoms with Crippen LogP contribution in [0.25, 0.3) is 10.9 Å². The van der Waals surface area contributed by atoms with E-state index in [0.717, 1.165) is 21.5 Å². The van der Waals surface area contributed by atoms with Crippen LogP contribution in [0, 0.1) is 0 Å². The maximum absolute atomic E-state index is 12.0. The molecule has 0 aliphatic carbocycles. The SMILES string of the molecule is CCOC(=O)C(C)Sc1nc(Cc2ccc(Cl)cc2)nc2ccccc12. The van der Waals surface area contributed by atoms with Gasteiger partial charge >= 0.3 is 5.97 Å². The van der Waals surface area contributed by atoms with Crippen LogP contribution in [-0.4, -0.2) is 27.8 Å². The second-order valence-electron chi connectivity index (χ2n) is 5.78. The molecule has 2 aromatic carbocycles. The Hall–Kier alpha value is -2.11. The normalized spacial score (nSPS) is 12.1.